The molecule has 4 atom stereocenters. The van der Waals surface area contributed by atoms with Gasteiger partial charge in [0.05, 0.1) is 6.61 Å². The van der Waals surface area contributed by atoms with Crippen LogP contribution in [-0.4, -0.2) is 66.8 Å². The van der Waals surface area contributed by atoms with E-state index in [2.05, 4.69) is 0 Å². The van der Waals surface area contributed by atoms with Crippen molar-refractivity contribution in [1.29, 1.82) is 0 Å². The van der Waals surface area contributed by atoms with Gasteiger partial charge in [-0.05, 0) is 0 Å². The molecule has 14 heavy (non-hydrogen) atoms. The molecule has 0 spiro atoms. The van der Waals surface area contributed by atoms with E-state index in [4.69, 9.17) is 35.7 Å². The molecule has 84 valence electrons. The van der Waals surface area contributed by atoms with Crippen molar-refractivity contribution < 1.29 is 35.7 Å². The summed E-state index contributed by atoms with van der Waals surface area (Å²) in [5.74, 6) is -0.957. The molecular weight excluding hydrogens is 196 g/mol. The first-order valence-corrected chi connectivity index (χ1v) is 3.82. The van der Waals surface area contributed by atoms with Crippen molar-refractivity contribution in [2.75, 3.05) is 6.61 Å². The Bertz CT molecular complexity index is 192. The third-order valence-electron chi connectivity index (χ3n) is 1.69. The van der Waals surface area contributed by atoms with Crippen LogP contribution in [0.25, 0.3) is 0 Å². The first-order chi connectivity index (χ1) is 6.45. The Balaban J connectivity index is 4.38. The second-order valence-electron chi connectivity index (χ2n) is 2.73. The lowest BCUT2D eigenvalue weighted by Crippen LogP contribution is -2.46. The van der Waals surface area contributed by atoms with Crippen LogP contribution in [0.15, 0.2) is 12.0 Å². The van der Waals surface area contributed by atoms with Gasteiger partial charge in [-0.25, -0.2) is 0 Å². The van der Waals surface area contributed by atoms with Crippen molar-refractivity contribution in [1.82, 2.24) is 0 Å². The Morgan fingerprint density at radius 1 is 1.07 bits per heavy atom. The highest BCUT2D eigenvalue weighted by molar-refractivity contribution is 4.99. The van der Waals surface area contributed by atoms with Gasteiger partial charge in [0.15, 0.2) is 5.76 Å². The summed E-state index contributed by atoms with van der Waals surface area (Å²) in [7, 11) is 0. The number of rotatable bonds is 5. The predicted molar refractivity (Wildman–Crippen MR) is 44.5 cm³/mol. The van der Waals surface area contributed by atoms with E-state index in [9.17, 15) is 0 Å². The molecule has 0 fully saturated rings. The second kappa shape index (κ2) is 5.78. The van der Waals surface area contributed by atoms with Crippen molar-refractivity contribution in [3.05, 3.63) is 12.0 Å². The number of aliphatic hydroxyl groups excluding tert-OH is 7. The van der Waals surface area contributed by atoms with Gasteiger partial charge in [-0.1, -0.05) is 0 Å². The number of hydrogen-bond acceptors (Lipinski definition) is 7. The molecular formula is C7H14O7. The number of hydrogen-bond donors (Lipinski definition) is 7. The highest BCUT2D eigenvalue weighted by Crippen LogP contribution is 2.09. The van der Waals surface area contributed by atoms with E-state index in [1.807, 2.05) is 0 Å². The minimum Gasteiger partial charge on any atom is -0.512 e. The Morgan fingerprint density at radius 2 is 1.57 bits per heavy atom. The van der Waals surface area contributed by atoms with E-state index < -0.39 is 36.8 Å². The molecule has 7 N–H and O–H groups in total. The average Bonchev–Trinajstić information content (AvgIpc) is 2.23. The van der Waals surface area contributed by atoms with Gasteiger partial charge in [-0.3, -0.25) is 0 Å². The summed E-state index contributed by atoms with van der Waals surface area (Å²) < 4.78 is 0. The molecule has 0 amide bonds. The zero-order valence-corrected chi connectivity index (χ0v) is 7.22. The first kappa shape index (κ1) is 13.1. The van der Waals surface area contributed by atoms with Crippen molar-refractivity contribution in [2.24, 2.45) is 0 Å². The maximum absolute atomic E-state index is 9.11. The first-order valence-electron chi connectivity index (χ1n) is 3.82. The Kier molecular flexibility index (Phi) is 5.43. The molecule has 7 heteroatoms. The van der Waals surface area contributed by atoms with Gasteiger partial charge >= 0.3 is 0 Å². The summed E-state index contributed by atoms with van der Waals surface area (Å²) in [5.41, 5.74) is 0. The highest BCUT2D eigenvalue weighted by atomic mass is 16.4. The summed E-state index contributed by atoms with van der Waals surface area (Å²) in [6.07, 6.45) is -7.19. The lowest BCUT2D eigenvalue weighted by Gasteiger charge is -2.24. The van der Waals surface area contributed by atoms with Gasteiger partial charge < -0.3 is 35.7 Å². The van der Waals surface area contributed by atoms with Crippen LogP contribution in [0, 0.1) is 0 Å². The van der Waals surface area contributed by atoms with Crippen molar-refractivity contribution in [2.45, 2.75) is 24.4 Å². The third-order valence-corrected chi connectivity index (χ3v) is 1.69. The van der Waals surface area contributed by atoms with Crippen molar-refractivity contribution >= 4 is 0 Å². The Hall–Kier alpha value is -0.860. The average molecular weight is 210 g/mol. The van der Waals surface area contributed by atoms with Gasteiger partial charge in [0.1, 0.15) is 30.7 Å². The van der Waals surface area contributed by atoms with E-state index in [1.165, 1.54) is 0 Å². The highest BCUT2D eigenvalue weighted by Gasteiger charge is 2.32. The molecule has 0 aromatic carbocycles. The van der Waals surface area contributed by atoms with E-state index in [-0.39, 0.29) is 6.26 Å². The summed E-state index contributed by atoms with van der Waals surface area (Å²) in [4.78, 5) is 0. The largest absolute Gasteiger partial charge is 0.512 e. The van der Waals surface area contributed by atoms with Crippen LogP contribution in [0.3, 0.4) is 0 Å². The molecule has 0 aliphatic rings. The SMILES string of the molecule is O/C=C(\O)C(O)C(O)C(O)C(O)CO. The fraction of sp³-hybridized carbons (Fsp3) is 0.714. The zero-order valence-electron chi connectivity index (χ0n) is 7.22. The van der Waals surface area contributed by atoms with Gasteiger partial charge in [-0.15, -0.1) is 0 Å². The Labute approximate surface area is 79.8 Å². The van der Waals surface area contributed by atoms with Crippen molar-refractivity contribution in [3.63, 3.8) is 0 Å². The molecule has 0 aromatic rings. The molecule has 0 saturated heterocycles. The summed E-state index contributed by atoms with van der Waals surface area (Å²) >= 11 is 0. The molecule has 0 heterocycles. The predicted octanol–water partition coefficient (Wildman–Crippen LogP) is -2.62. The summed E-state index contributed by atoms with van der Waals surface area (Å²) in [6, 6.07) is 0. The topological polar surface area (TPSA) is 142 Å². The van der Waals surface area contributed by atoms with E-state index in [0.29, 0.717) is 0 Å². The van der Waals surface area contributed by atoms with Gasteiger partial charge in [0.2, 0.25) is 0 Å². The Morgan fingerprint density at radius 3 is 1.93 bits per heavy atom. The maximum atomic E-state index is 9.11. The molecule has 0 saturated carbocycles. The maximum Gasteiger partial charge on any atom is 0.158 e. The molecule has 0 rings (SSSR count). The minimum absolute atomic E-state index is 0.145. The fourth-order valence-corrected chi connectivity index (χ4v) is 0.774. The van der Waals surface area contributed by atoms with E-state index >= 15 is 0 Å². The zero-order chi connectivity index (χ0) is 11.3. The second-order valence-corrected chi connectivity index (χ2v) is 2.73. The van der Waals surface area contributed by atoms with Crippen LogP contribution in [0.2, 0.25) is 0 Å². The number of aliphatic hydroxyl groups is 7. The molecule has 0 radical (unpaired) electrons. The normalized spacial score (nSPS) is 21.4. The van der Waals surface area contributed by atoms with Crippen LogP contribution in [0.4, 0.5) is 0 Å². The van der Waals surface area contributed by atoms with Crippen LogP contribution in [-0.2, 0) is 0 Å². The smallest absolute Gasteiger partial charge is 0.158 e. The van der Waals surface area contributed by atoms with E-state index in [0.717, 1.165) is 0 Å². The molecule has 0 aliphatic heterocycles. The monoisotopic (exact) mass is 210 g/mol. The van der Waals surface area contributed by atoms with Crippen LogP contribution >= 0.6 is 0 Å². The fourth-order valence-electron chi connectivity index (χ4n) is 0.774. The molecule has 0 aliphatic carbocycles. The molecule has 0 bridgehead atoms. The van der Waals surface area contributed by atoms with Gasteiger partial charge in [-0.2, -0.15) is 0 Å². The standard InChI is InChI=1S/C7H14O7/c8-1-3(10)5(12)7(14)6(13)4(11)2-9/h1,4-14H,2H2/b3-1-. The van der Waals surface area contributed by atoms with Gasteiger partial charge in [0.25, 0.3) is 0 Å². The summed E-state index contributed by atoms with van der Waals surface area (Å²) in [6.45, 7) is -0.811. The summed E-state index contributed by atoms with van der Waals surface area (Å²) in [5, 5.41) is 61.5. The molecule has 0 aromatic heterocycles. The quantitative estimate of drug-likeness (QED) is 0.246. The lowest BCUT2D eigenvalue weighted by molar-refractivity contribution is -0.113. The lowest BCUT2D eigenvalue weighted by atomic mass is 10.0. The van der Waals surface area contributed by atoms with Crippen molar-refractivity contribution in [3.8, 4) is 0 Å². The molecule has 7 nitrogen and oxygen atoms in total. The molecule has 4 unspecified atom stereocenters. The van der Waals surface area contributed by atoms with Crippen LogP contribution in [0.5, 0.6) is 0 Å². The minimum atomic E-state index is -1.93. The van der Waals surface area contributed by atoms with Crippen LogP contribution in [0.1, 0.15) is 0 Å². The van der Waals surface area contributed by atoms with Crippen LogP contribution < -0.4 is 0 Å². The van der Waals surface area contributed by atoms with Gasteiger partial charge in [0, 0.05) is 0 Å². The van der Waals surface area contributed by atoms with E-state index in [1.54, 1.807) is 0 Å². The third kappa shape index (κ3) is 3.13.